The topological polar surface area (TPSA) is 50.6 Å². The first-order valence-electron chi connectivity index (χ1n) is 11.3. The van der Waals surface area contributed by atoms with Gasteiger partial charge in [0.15, 0.2) is 11.6 Å². The first kappa shape index (κ1) is 22.6. The number of piperazine rings is 1. The predicted molar refractivity (Wildman–Crippen MR) is 133 cm³/mol. The molecule has 2 aromatic heterocycles. The average Bonchev–Trinajstić information content (AvgIpc) is 3.40. The van der Waals surface area contributed by atoms with Crippen LogP contribution >= 0.6 is 11.3 Å². The smallest absolute Gasteiger partial charge is 0.264 e. The Kier molecular flexibility index (Phi) is 6.10. The number of hydrogen-bond donors (Lipinski definition) is 0. The van der Waals surface area contributed by atoms with Crippen LogP contribution < -0.4 is 4.74 Å². The fraction of sp³-hybridized carbons (Fsp3) is 0.308. The van der Waals surface area contributed by atoms with Gasteiger partial charge in [0.1, 0.15) is 4.83 Å². The molecule has 0 unspecified atom stereocenters. The highest BCUT2D eigenvalue weighted by molar-refractivity contribution is 7.20. The molecule has 0 bridgehead atoms. The molecule has 3 heterocycles. The number of hydrogen-bond acceptors (Lipinski definition) is 5. The highest BCUT2D eigenvalue weighted by Crippen LogP contribution is 2.31. The van der Waals surface area contributed by atoms with Crippen LogP contribution in [-0.2, 0) is 6.54 Å². The van der Waals surface area contributed by atoms with Crippen molar-refractivity contribution in [1.82, 2.24) is 19.6 Å². The molecule has 1 aliphatic rings. The van der Waals surface area contributed by atoms with Crippen molar-refractivity contribution in [2.45, 2.75) is 20.4 Å². The van der Waals surface area contributed by atoms with E-state index in [1.807, 2.05) is 40.8 Å². The van der Waals surface area contributed by atoms with Crippen LogP contribution in [0.2, 0.25) is 0 Å². The summed E-state index contributed by atoms with van der Waals surface area (Å²) in [6, 6.07) is 15.3. The van der Waals surface area contributed by atoms with Gasteiger partial charge in [-0.1, -0.05) is 18.2 Å². The maximum Gasteiger partial charge on any atom is 0.264 e. The van der Waals surface area contributed by atoms with Crippen molar-refractivity contribution in [1.29, 1.82) is 0 Å². The third-order valence-corrected chi connectivity index (χ3v) is 7.38. The normalized spacial score (nSPS) is 14.6. The highest BCUT2D eigenvalue weighted by atomic mass is 32.1. The van der Waals surface area contributed by atoms with Gasteiger partial charge in [0.05, 0.1) is 23.4 Å². The van der Waals surface area contributed by atoms with E-state index in [4.69, 9.17) is 9.84 Å². The summed E-state index contributed by atoms with van der Waals surface area (Å²) in [7, 11) is 1.46. The second-order valence-electron chi connectivity index (χ2n) is 8.70. The average molecular weight is 479 g/mol. The van der Waals surface area contributed by atoms with Crippen molar-refractivity contribution in [3.8, 4) is 11.4 Å². The summed E-state index contributed by atoms with van der Waals surface area (Å²) in [5.41, 5.74) is 3.99. The van der Waals surface area contributed by atoms with Gasteiger partial charge in [-0.2, -0.15) is 5.10 Å². The van der Waals surface area contributed by atoms with Gasteiger partial charge < -0.3 is 9.64 Å². The molecule has 0 N–H and O–H groups in total. The van der Waals surface area contributed by atoms with E-state index in [1.165, 1.54) is 30.1 Å². The van der Waals surface area contributed by atoms with Gasteiger partial charge in [-0.15, -0.1) is 11.3 Å². The Labute approximate surface area is 202 Å². The van der Waals surface area contributed by atoms with Crippen LogP contribution in [-0.4, -0.2) is 58.8 Å². The molecule has 34 heavy (non-hydrogen) atoms. The number of ether oxygens (including phenoxy) is 1. The monoisotopic (exact) mass is 478 g/mol. The van der Waals surface area contributed by atoms with Gasteiger partial charge in [0.2, 0.25) is 0 Å². The van der Waals surface area contributed by atoms with Crippen LogP contribution in [0.4, 0.5) is 4.39 Å². The zero-order chi connectivity index (χ0) is 23.8. The molecule has 2 aromatic carbocycles. The summed E-state index contributed by atoms with van der Waals surface area (Å²) < 4.78 is 20.9. The van der Waals surface area contributed by atoms with E-state index in [2.05, 4.69) is 24.0 Å². The molecule has 0 radical (unpaired) electrons. The molecule has 0 spiro atoms. The number of halogens is 1. The predicted octanol–water partition coefficient (Wildman–Crippen LogP) is 4.81. The minimum Gasteiger partial charge on any atom is -0.494 e. The van der Waals surface area contributed by atoms with Crippen LogP contribution in [0.15, 0.2) is 48.5 Å². The summed E-state index contributed by atoms with van der Waals surface area (Å²) in [5, 5.41) is 5.73. The molecule has 0 saturated carbocycles. The Balaban J connectivity index is 1.28. The van der Waals surface area contributed by atoms with Crippen LogP contribution in [0.25, 0.3) is 15.9 Å². The third kappa shape index (κ3) is 4.31. The van der Waals surface area contributed by atoms with Gasteiger partial charge in [-0.05, 0) is 55.3 Å². The van der Waals surface area contributed by atoms with Crippen molar-refractivity contribution in [2.24, 2.45) is 0 Å². The second kappa shape index (κ2) is 9.19. The van der Waals surface area contributed by atoms with Crippen molar-refractivity contribution in [3.05, 3.63) is 76.0 Å². The fourth-order valence-corrected chi connectivity index (χ4v) is 5.57. The van der Waals surface area contributed by atoms with Crippen molar-refractivity contribution in [2.75, 3.05) is 33.3 Å². The number of rotatable bonds is 5. The maximum absolute atomic E-state index is 14.0. The number of carbonyl (C=O) groups is 1. The maximum atomic E-state index is 14.0. The number of aromatic nitrogens is 2. The van der Waals surface area contributed by atoms with Crippen LogP contribution in [0.1, 0.15) is 26.5 Å². The molecule has 1 aliphatic heterocycles. The summed E-state index contributed by atoms with van der Waals surface area (Å²) in [4.78, 5) is 19.2. The number of carbonyl (C=O) groups excluding carboxylic acids is 1. The number of methoxy groups -OCH3 is 1. The molecule has 0 aliphatic carbocycles. The van der Waals surface area contributed by atoms with E-state index in [9.17, 15) is 9.18 Å². The molecule has 1 saturated heterocycles. The number of amides is 1. The quantitative estimate of drug-likeness (QED) is 0.413. The Morgan fingerprint density at radius 3 is 2.59 bits per heavy atom. The molecule has 1 amide bonds. The van der Waals surface area contributed by atoms with Crippen LogP contribution in [0.3, 0.4) is 0 Å². The number of thiophene rings is 1. The lowest BCUT2D eigenvalue weighted by Gasteiger charge is -2.34. The van der Waals surface area contributed by atoms with Gasteiger partial charge in [-0.25, -0.2) is 9.07 Å². The van der Waals surface area contributed by atoms with E-state index in [-0.39, 0.29) is 17.5 Å². The molecule has 0 atom stereocenters. The summed E-state index contributed by atoms with van der Waals surface area (Å²) in [6.07, 6.45) is 0. The molecule has 6 nitrogen and oxygen atoms in total. The largest absolute Gasteiger partial charge is 0.494 e. The van der Waals surface area contributed by atoms with Crippen molar-refractivity contribution in [3.63, 3.8) is 0 Å². The SMILES string of the molecule is COc1ccc(CN2CCN(C(=O)c3cc4c(C)nn(-c5cccc(C)c5)c4s3)CC2)cc1F. The van der Waals surface area contributed by atoms with Crippen molar-refractivity contribution >= 4 is 27.5 Å². The molecule has 4 aromatic rings. The van der Waals surface area contributed by atoms with Gasteiger partial charge in [0.25, 0.3) is 5.91 Å². The minimum absolute atomic E-state index is 0.0616. The van der Waals surface area contributed by atoms with Crippen LogP contribution in [0, 0.1) is 19.7 Å². The highest BCUT2D eigenvalue weighted by Gasteiger charge is 2.25. The number of benzene rings is 2. The lowest BCUT2D eigenvalue weighted by molar-refractivity contribution is 0.0633. The van der Waals surface area contributed by atoms with Gasteiger partial charge in [0, 0.05) is 38.1 Å². The molecule has 176 valence electrons. The molecule has 1 fully saturated rings. The zero-order valence-electron chi connectivity index (χ0n) is 19.5. The first-order chi connectivity index (χ1) is 16.4. The zero-order valence-corrected chi connectivity index (χ0v) is 20.4. The van der Waals surface area contributed by atoms with E-state index < -0.39 is 0 Å². The molecular weight excluding hydrogens is 451 g/mol. The summed E-state index contributed by atoms with van der Waals surface area (Å²) in [6.45, 7) is 7.49. The summed E-state index contributed by atoms with van der Waals surface area (Å²) in [5.74, 6) is -0.0344. The summed E-state index contributed by atoms with van der Waals surface area (Å²) >= 11 is 1.50. The Bertz CT molecular complexity index is 1350. The standard InChI is InChI=1S/C26H27FN4O2S/c1-17-5-4-6-20(13-17)31-26-21(18(2)28-31)15-24(34-26)25(32)30-11-9-29(10-12-30)16-19-7-8-23(33-3)22(27)14-19/h4-8,13-15H,9-12,16H2,1-3H3. The van der Waals surface area contributed by atoms with E-state index in [1.54, 1.807) is 6.07 Å². The number of fused-ring (bicyclic) bond motifs is 1. The van der Waals surface area contributed by atoms with E-state index >= 15 is 0 Å². The Morgan fingerprint density at radius 2 is 1.88 bits per heavy atom. The second-order valence-corrected chi connectivity index (χ2v) is 9.73. The van der Waals surface area contributed by atoms with Crippen LogP contribution in [0.5, 0.6) is 5.75 Å². The first-order valence-corrected chi connectivity index (χ1v) is 12.1. The number of nitrogens with zero attached hydrogens (tertiary/aromatic N) is 4. The third-order valence-electron chi connectivity index (χ3n) is 6.28. The Morgan fingerprint density at radius 1 is 1.09 bits per heavy atom. The van der Waals surface area contributed by atoms with E-state index in [0.29, 0.717) is 19.6 Å². The molecular formula is C26H27FN4O2S. The van der Waals surface area contributed by atoms with E-state index in [0.717, 1.165) is 45.1 Å². The van der Waals surface area contributed by atoms with Gasteiger partial charge in [-0.3, -0.25) is 9.69 Å². The van der Waals surface area contributed by atoms with Crippen molar-refractivity contribution < 1.29 is 13.9 Å². The van der Waals surface area contributed by atoms with Gasteiger partial charge >= 0.3 is 0 Å². The lowest BCUT2D eigenvalue weighted by atomic mass is 10.1. The molecule has 5 rings (SSSR count). The molecule has 8 heteroatoms. The Hall–Kier alpha value is -3.23. The fourth-order valence-electron chi connectivity index (χ4n) is 4.42. The minimum atomic E-state index is -0.349. The lowest BCUT2D eigenvalue weighted by Crippen LogP contribution is -2.48. The number of aryl methyl sites for hydroxylation is 2.